The van der Waals surface area contributed by atoms with Crippen LogP contribution < -0.4 is 29.6 Å². The Bertz CT molecular complexity index is 429. The molecule has 0 saturated carbocycles. The topological polar surface area (TPSA) is 77.4 Å². The van der Waals surface area contributed by atoms with E-state index >= 15 is 0 Å². The summed E-state index contributed by atoms with van der Waals surface area (Å²) in [5.41, 5.74) is 0. The molecule has 6 heteroatoms. The van der Waals surface area contributed by atoms with Gasteiger partial charge in [-0.3, -0.25) is 0 Å². The Labute approximate surface area is 204 Å². The molecule has 0 aromatic rings. The summed E-state index contributed by atoms with van der Waals surface area (Å²) < 4.78 is 34.2. The predicted octanol–water partition coefficient (Wildman–Crippen LogP) is 3.72. The van der Waals surface area contributed by atoms with Crippen molar-refractivity contribution in [1.29, 1.82) is 0 Å². The first-order chi connectivity index (χ1) is 13.4. The largest absolute Gasteiger partial charge is 1.00 e. The summed E-state index contributed by atoms with van der Waals surface area (Å²) in [7, 11) is -4.15. The van der Waals surface area contributed by atoms with Crippen LogP contribution in [-0.2, 0) is 10.1 Å². The van der Waals surface area contributed by atoms with Gasteiger partial charge in [-0.2, -0.15) is 0 Å². The number of rotatable bonds is 21. The van der Waals surface area contributed by atoms with Crippen LogP contribution in [0.5, 0.6) is 0 Å². The fourth-order valence-corrected chi connectivity index (χ4v) is 4.73. The Kier molecular flexibility index (Phi) is 24.4. The molecule has 0 saturated heterocycles. The summed E-state index contributed by atoms with van der Waals surface area (Å²) in [4.78, 5) is 0. The van der Waals surface area contributed by atoms with Gasteiger partial charge in [0.2, 0.25) is 0 Å². The number of aliphatic hydroxyl groups is 1. The zero-order chi connectivity index (χ0) is 21.1. The van der Waals surface area contributed by atoms with Gasteiger partial charge < -0.3 is 9.66 Å². The Balaban J connectivity index is 0. The molecular formula is C23H47NaO4S. The van der Waals surface area contributed by atoms with Crippen LogP contribution in [0.15, 0.2) is 0 Å². The van der Waals surface area contributed by atoms with Crippen molar-refractivity contribution in [2.75, 3.05) is 0 Å². The standard InChI is InChI=1S/C23H48O4S.Na/c1-3-5-7-11-14-18-22(24)19-15-12-9-10-13-17-21-23(28(25,26)27)20-16-8-6-4-2;/h22-24H,3-21H2,1-2H3,(H,25,26,27);/q;+1/p-1. The van der Waals surface area contributed by atoms with Crippen LogP contribution in [-0.4, -0.2) is 29.4 Å². The van der Waals surface area contributed by atoms with Gasteiger partial charge in [0.15, 0.2) is 0 Å². The molecule has 0 rings (SSSR count). The van der Waals surface area contributed by atoms with Crippen LogP contribution in [0.25, 0.3) is 0 Å². The van der Waals surface area contributed by atoms with E-state index in [2.05, 4.69) is 13.8 Å². The monoisotopic (exact) mass is 442 g/mol. The van der Waals surface area contributed by atoms with E-state index in [4.69, 9.17) is 0 Å². The molecular weight excluding hydrogens is 395 g/mol. The zero-order valence-electron chi connectivity index (χ0n) is 19.7. The molecule has 0 heterocycles. The molecule has 0 aromatic heterocycles. The van der Waals surface area contributed by atoms with Crippen molar-refractivity contribution in [2.24, 2.45) is 0 Å². The molecule has 0 aliphatic rings. The van der Waals surface area contributed by atoms with Gasteiger partial charge in [-0.05, 0) is 25.7 Å². The Morgan fingerprint density at radius 2 is 0.931 bits per heavy atom. The van der Waals surface area contributed by atoms with Gasteiger partial charge in [-0.15, -0.1) is 0 Å². The first kappa shape index (κ1) is 32.1. The first-order valence-corrected chi connectivity index (χ1v) is 13.5. The van der Waals surface area contributed by atoms with Crippen molar-refractivity contribution < 1.29 is 47.6 Å². The van der Waals surface area contributed by atoms with Gasteiger partial charge in [-0.1, -0.05) is 110 Å². The third kappa shape index (κ3) is 21.9. The molecule has 0 bridgehead atoms. The summed E-state index contributed by atoms with van der Waals surface area (Å²) in [6, 6.07) is 0. The van der Waals surface area contributed by atoms with Crippen LogP contribution in [0, 0.1) is 0 Å². The van der Waals surface area contributed by atoms with Crippen LogP contribution in [0.4, 0.5) is 0 Å². The van der Waals surface area contributed by atoms with E-state index < -0.39 is 15.4 Å². The van der Waals surface area contributed by atoms with Crippen LogP contribution in [0.3, 0.4) is 0 Å². The van der Waals surface area contributed by atoms with Crippen molar-refractivity contribution in [2.45, 2.75) is 147 Å². The van der Waals surface area contributed by atoms with Crippen LogP contribution in [0.1, 0.15) is 136 Å². The zero-order valence-corrected chi connectivity index (χ0v) is 22.5. The Hall–Kier alpha value is 0.870. The van der Waals surface area contributed by atoms with Gasteiger partial charge in [-0.25, -0.2) is 8.42 Å². The Morgan fingerprint density at radius 3 is 1.31 bits per heavy atom. The molecule has 2 unspecified atom stereocenters. The third-order valence-electron chi connectivity index (χ3n) is 5.74. The second-order valence-electron chi connectivity index (χ2n) is 8.52. The molecule has 1 N–H and O–H groups in total. The molecule has 29 heavy (non-hydrogen) atoms. The SMILES string of the molecule is CCCCCCCC(O)CCCCCCCCC(CCCCCC)S(=O)(=O)[O-].[Na+]. The van der Waals surface area contributed by atoms with Crippen molar-refractivity contribution >= 4 is 10.1 Å². The number of aliphatic hydroxyl groups excluding tert-OH is 1. The average Bonchev–Trinajstić information content (AvgIpc) is 2.64. The van der Waals surface area contributed by atoms with E-state index in [1.165, 1.54) is 25.7 Å². The summed E-state index contributed by atoms with van der Waals surface area (Å²) in [6.45, 7) is 4.34. The Morgan fingerprint density at radius 1 is 0.621 bits per heavy atom. The van der Waals surface area contributed by atoms with Gasteiger partial charge in [0.1, 0.15) is 0 Å². The van der Waals surface area contributed by atoms with Gasteiger partial charge >= 0.3 is 29.6 Å². The van der Waals surface area contributed by atoms with Crippen LogP contribution in [0.2, 0.25) is 0 Å². The number of unbranched alkanes of at least 4 members (excludes halogenated alkanes) is 12. The van der Waals surface area contributed by atoms with Gasteiger partial charge in [0.05, 0.1) is 16.2 Å². The molecule has 4 nitrogen and oxygen atoms in total. The summed E-state index contributed by atoms with van der Waals surface area (Å²) in [5, 5.41) is 9.32. The maximum absolute atomic E-state index is 11.4. The second kappa shape index (κ2) is 22.1. The smallest absolute Gasteiger partial charge is 0.748 e. The third-order valence-corrected chi connectivity index (χ3v) is 7.03. The molecule has 0 aromatic carbocycles. The van der Waals surface area contributed by atoms with Crippen molar-refractivity contribution in [3.63, 3.8) is 0 Å². The van der Waals surface area contributed by atoms with E-state index in [0.29, 0.717) is 12.8 Å². The minimum atomic E-state index is -4.15. The number of hydrogen-bond acceptors (Lipinski definition) is 4. The van der Waals surface area contributed by atoms with E-state index in [1.807, 2.05) is 0 Å². The molecule has 2 atom stereocenters. The minimum Gasteiger partial charge on any atom is -0.748 e. The fraction of sp³-hybridized carbons (Fsp3) is 1.00. The normalized spacial score (nSPS) is 13.8. The van der Waals surface area contributed by atoms with E-state index in [9.17, 15) is 18.1 Å². The van der Waals surface area contributed by atoms with Gasteiger partial charge in [0, 0.05) is 5.25 Å². The van der Waals surface area contributed by atoms with Gasteiger partial charge in [0.25, 0.3) is 0 Å². The molecule has 0 radical (unpaired) electrons. The van der Waals surface area contributed by atoms with Crippen LogP contribution >= 0.6 is 0 Å². The molecule has 0 aliphatic carbocycles. The molecule has 170 valence electrons. The summed E-state index contributed by atoms with van der Waals surface area (Å²) in [6.07, 6.45) is 19.3. The second-order valence-corrected chi connectivity index (χ2v) is 10.2. The van der Waals surface area contributed by atoms with Crippen molar-refractivity contribution in [3.05, 3.63) is 0 Å². The average molecular weight is 443 g/mol. The van der Waals surface area contributed by atoms with E-state index in [1.54, 1.807) is 0 Å². The predicted molar refractivity (Wildman–Crippen MR) is 119 cm³/mol. The molecule has 0 fully saturated rings. The summed E-state index contributed by atoms with van der Waals surface area (Å²) in [5.74, 6) is 0. The maximum atomic E-state index is 11.4. The van der Waals surface area contributed by atoms with Crippen molar-refractivity contribution in [1.82, 2.24) is 0 Å². The molecule has 0 aliphatic heterocycles. The molecule has 0 spiro atoms. The minimum absolute atomic E-state index is 0. The number of hydrogen-bond donors (Lipinski definition) is 1. The van der Waals surface area contributed by atoms with E-state index in [-0.39, 0.29) is 35.7 Å². The quantitative estimate of drug-likeness (QED) is 0.167. The first-order valence-electron chi connectivity index (χ1n) is 12.0. The van der Waals surface area contributed by atoms with Crippen molar-refractivity contribution in [3.8, 4) is 0 Å². The maximum Gasteiger partial charge on any atom is 1.00 e. The molecule has 0 amide bonds. The summed E-state index contributed by atoms with van der Waals surface area (Å²) >= 11 is 0. The van der Waals surface area contributed by atoms with E-state index in [0.717, 1.165) is 83.5 Å². The fourth-order valence-electron chi connectivity index (χ4n) is 3.82.